The molecule has 2 amide bonds. The summed E-state index contributed by atoms with van der Waals surface area (Å²) >= 11 is 0. The number of hydrogen-bond donors (Lipinski definition) is 2. The average molecular weight is 383 g/mol. The van der Waals surface area contributed by atoms with Gasteiger partial charge in [-0.2, -0.15) is 13.2 Å². The molecule has 27 heavy (non-hydrogen) atoms. The summed E-state index contributed by atoms with van der Waals surface area (Å²) in [5.41, 5.74) is -0.910. The molecule has 0 saturated heterocycles. The number of amides is 2. The standard InChI is InChI=1S/C18H17F4N3O2/c1-25(10-16(26)23-13-8-6-12(19)7-9-13)11-17(27)24-15-5-3-2-4-14(15)18(20,21)22/h2-9H,10-11H2,1H3,(H,23,26)(H,24,27). The molecule has 9 heteroatoms. The molecule has 0 aromatic heterocycles. The van der Waals surface area contributed by atoms with E-state index in [0.29, 0.717) is 5.69 Å². The van der Waals surface area contributed by atoms with Crippen LogP contribution in [-0.4, -0.2) is 36.9 Å². The topological polar surface area (TPSA) is 61.4 Å². The monoisotopic (exact) mass is 383 g/mol. The summed E-state index contributed by atoms with van der Waals surface area (Å²) in [5.74, 6) is -1.59. The van der Waals surface area contributed by atoms with Crippen molar-refractivity contribution in [1.82, 2.24) is 4.90 Å². The zero-order valence-electron chi connectivity index (χ0n) is 14.3. The number of likely N-dealkylation sites (N-methyl/N-ethyl adjacent to an activating group) is 1. The fraction of sp³-hybridized carbons (Fsp3) is 0.222. The van der Waals surface area contributed by atoms with Crippen LogP contribution >= 0.6 is 0 Å². The van der Waals surface area contributed by atoms with Gasteiger partial charge in [-0.15, -0.1) is 0 Å². The summed E-state index contributed by atoms with van der Waals surface area (Å²) in [6, 6.07) is 9.77. The first-order valence-electron chi connectivity index (χ1n) is 7.85. The van der Waals surface area contributed by atoms with Crippen LogP contribution in [0.5, 0.6) is 0 Å². The molecule has 0 fully saturated rings. The smallest absolute Gasteiger partial charge is 0.325 e. The molecule has 2 rings (SSSR count). The van der Waals surface area contributed by atoms with E-state index >= 15 is 0 Å². The van der Waals surface area contributed by atoms with E-state index < -0.39 is 29.4 Å². The SMILES string of the molecule is CN(CC(=O)Nc1ccc(F)cc1)CC(=O)Nc1ccccc1C(F)(F)F. The second-order valence-corrected chi connectivity index (χ2v) is 5.82. The molecule has 0 aliphatic heterocycles. The molecule has 2 aromatic carbocycles. The van der Waals surface area contributed by atoms with E-state index in [9.17, 15) is 27.2 Å². The summed E-state index contributed by atoms with van der Waals surface area (Å²) in [6.45, 7) is -0.464. The Hall–Kier alpha value is -2.94. The molecule has 2 aromatic rings. The molecular formula is C18H17F4N3O2. The maximum atomic E-state index is 12.9. The second-order valence-electron chi connectivity index (χ2n) is 5.82. The highest BCUT2D eigenvalue weighted by Crippen LogP contribution is 2.34. The Labute approximate surface area is 153 Å². The van der Waals surface area contributed by atoms with Crippen molar-refractivity contribution in [2.24, 2.45) is 0 Å². The number of rotatable bonds is 6. The van der Waals surface area contributed by atoms with Crippen LogP contribution in [0.2, 0.25) is 0 Å². The van der Waals surface area contributed by atoms with Crippen LogP contribution < -0.4 is 10.6 Å². The van der Waals surface area contributed by atoms with Gasteiger partial charge in [0.05, 0.1) is 24.3 Å². The van der Waals surface area contributed by atoms with Crippen molar-refractivity contribution in [1.29, 1.82) is 0 Å². The molecule has 0 aliphatic rings. The van der Waals surface area contributed by atoms with Crippen molar-refractivity contribution in [3.63, 3.8) is 0 Å². The van der Waals surface area contributed by atoms with E-state index in [0.717, 1.165) is 12.1 Å². The molecule has 0 atom stereocenters. The first-order chi connectivity index (χ1) is 12.6. The van der Waals surface area contributed by atoms with Crippen molar-refractivity contribution >= 4 is 23.2 Å². The fourth-order valence-electron chi connectivity index (χ4n) is 2.31. The molecule has 0 saturated carbocycles. The van der Waals surface area contributed by atoms with E-state index in [1.54, 1.807) is 0 Å². The number of alkyl halides is 3. The third-order valence-corrected chi connectivity index (χ3v) is 3.46. The van der Waals surface area contributed by atoms with Crippen LogP contribution in [0.25, 0.3) is 0 Å². The Morgan fingerprint density at radius 3 is 2.07 bits per heavy atom. The minimum absolute atomic E-state index is 0.175. The Balaban J connectivity index is 1.89. The van der Waals surface area contributed by atoms with Crippen molar-refractivity contribution in [3.8, 4) is 0 Å². The third-order valence-electron chi connectivity index (χ3n) is 3.46. The predicted molar refractivity (Wildman–Crippen MR) is 92.6 cm³/mol. The van der Waals surface area contributed by atoms with Crippen molar-refractivity contribution in [2.75, 3.05) is 30.8 Å². The van der Waals surface area contributed by atoms with Crippen LogP contribution in [0, 0.1) is 5.82 Å². The van der Waals surface area contributed by atoms with Gasteiger partial charge >= 0.3 is 6.18 Å². The molecule has 0 aliphatic carbocycles. The van der Waals surface area contributed by atoms with Crippen molar-refractivity contribution in [2.45, 2.75) is 6.18 Å². The number of carbonyl (C=O) groups is 2. The van der Waals surface area contributed by atoms with Gasteiger partial charge in [0.25, 0.3) is 0 Å². The molecule has 5 nitrogen and oxygen atoms in total. The maximum absolute atomic E-state index is 12.9. The Kier molecular flexibility index (Phi) is 6.51. The van der Waals surface area contributed by atoms with Gasteiger partial charge in [-0.3, -0.25) is 14.5 Å². The number of anilines is 2. The summed E-state index contributed by atoms with van der Waals surface area (Å²) in [5, 5.41) is 4.73. The van der Waals surface area contributed by atoms with Crippen LogP contribution in [0.3, 0.4) is 0 Å². The molecule has 0 radical (unpaired) electrons. The van der Waals surface area contributed by atoms with E-state index in [2.05, 4.69) is 10.6 Å². The molecule has 0 unspecified atom stereocenters. The third kappa shape index (κ3) is 6.37. The zero-order valence-corrected chi connectivity index (χ0v) is 14.3. The minimum Gasteiger partial charge on any atom is -0.325 e. The largest absolute Gasteiger partial charge is 0.418 e. The van der Waals surface area contributed by atoms with Crippen molar-refractivity contribution in [3.05, 3.63) is 59.9 Å². The average Bonchev–Trinajstić information content (AvgIpc) is 2.56. The Bertz CT molecular complexity index is 807. The molecule has 0 bridgehead atoms. The van der Waals surface area contributed by atoms with E-state index in [1.807, 2.05) is 0 Å². The summed E-state index contributed by atoms with van der Waals surface area (Å²) in [6.07, 6.45) is -4.59. The van der Waals surface area contributed by atoms with Gasteiger partial charge in [0.1, 0.15) is 5.82 Å². The van der Waals surface area contributed by atoms with Gasteiger partial charge < -0.3 is 10.6 Å². The Morgan fingerprint density at radius 1 is 0.926 bits per heavy atom. The van der Waals surface area contributed by atoms with Gasteiger partial charge in [-0.05, 0) is 43.4 Å². The van der Waals surface area contributed by atoms with Crippen LogP contribution in [-0.2, 0) is 15.8 Å². The number of benzene rings is 2. The van der Waals surface area contributed by atoms with Gasteiger partial charge in [0.15, 0.2) is 0 Å². The van der Waals surface area contributed by atoms with Gasteiger partial charge in [0.2, 0.25) is 11.8 Å². The lowest BCUT2D eigenvalue weighted by atomic mass is 10.1. The van der Waals surface area contributed by atoms with E-state index in [1.165, 1.54) is 48.3 Å². The number of nitrogens with one attached hydrogen (secondary N) is 2. The lowest BCUT2D eigenvalue weighted by Crippen LogP contribution is -2.36. The number of halogens is 4. The molecule has 2 N–H and O–H groups in total. The normalized spacial score (nSPS) is 11.3. The molecule has 144 valence electrons. The first-order valence-corrected chi connectivity index (χ1v) is 7.85. The Morgan fingerprint density at radius 2 is 1.48 bits per heavy atom. The quantitative estimate of drug-likeness (QED) is 0.752. The van der Waals surface area contributed by atoms with Gasteiger partial charge in [0, 0.05) is 5.69 Å². The highest BCUT2D eigenvalue weighted by atomic mass is 19.4. The van der Waals surface area contributed by atoms with Crippen LogP contribution in [0.4, 0.5) is 28.9 Å². The fourth-order valence-corrected chi connectivity index (χ4v) is 2.31. The van der Waals surface area contributed by atoms with E-state index in [4.69, 9.17) is 0 Å². The van der Waals surface area contributed by atoms with Crippen molar-refractivity contribution < 1.29 is 27.2 Å². The number of hydrogen-bond acceptors (Lipinski definition) is 3. The summed E-state index contributed by atoms with van der Waals surface area (Å²) in [4.78, 5) is 25.2. The van der Waals surface area contributed by atoms with Crippen LogP contribution in [0.1, 0.15) is 5.56 Å². The summed E-state index contributed by atoms with van der Waals surface area (Å²) < 4.78 is 51.6. The lowest BCUT2D eigenvalue weighted by Gasteiger charge is -2.17. The van der Waals surface area contributed by atoms with Crippen LogP contribution in [0.15, 0.2) is 48.5 Å². The zero-order chi connectivity index (χ0) is 20.0. The number of para-hydroxylation sites is 1. The maximum Gasteiger partial charge on any atom is 0.418 e. The highest BCUT2D eigenvalue weighted by Gasteiger charge is 2.33. The number of nitrogens with zero attached hydrogens (tertiary/aromatic N) is 1. The lowest BCUT2D eigenvalue weighted by molar-refractivity contribution is -0.137. The molecule has 0 heterocycles. The molecule has 0 spiro atoms. The minimum atomic E-state index is -4.59. The number of carbonyl (C=O) groups excluding carboxylic acids is 2. The predicted octanol–water partition coefficient (Wildman–Crippen LogP) is 3.35. The highest BCUT2D eigenvalue weighted by molar-refractivity contribution is 5.95. The molecular weight excluding hydrogens is 366 g/mol. The van der Waals surface area contributed by atoms with E-state index in [-0.39, 0.29) is 18.8 Å². The van der Waals surface area contributed by atoms with Gasteiger partial charge in [-0.25, -0.2) is 4.39 Å². The second kappa shape index (κ2) is 8.63. The van der Waals surface area contributed by atoms with Gasteiger partial charge in [-0.1, -0.05) is 12.1 Å². The first kappa shape index (κ1) is 20.4. The summed E-state index contributed by atoms with van der Waals surface area (Å²) in [7, 11) is 1.47.